The molecule has 2 N–H and O–H groups in total. The lowest BCUT2D eigenvalue weighted by Crippen LogP contribution is -2.43. The summed E-state index contributed by atoms with van der Waals surface area (Å²) in [6.07, 6.45) is 3.63. The second-order valence-corrected chi connectivity index (χ2v) is 4.75. The number of anilines is 1. The number of fused-ring (bicyclic) bond motifs is 1. The molecule has 4 heteroatoms. The van der Waals surface area contributed by atoms with Gasteiger partial charge in [0.25, 0.3) is 5.91 Å². The Morgan fingerprint density at radius 1 is 1.05 bits per heavy atom. The molecule has 0 spiro atoms. The number of carbonyl (C=O) groups is 1. The lowest BCUT2D eigenvalue weighted by atomic mass is 10.1. The van der Waals surface area contributed by atoms with Gasteiger partial charge >= 0.3 is 0 Å². The number of benzene rings is 2. The third kappa shape index (κ3) is 2.74. The van der Waals surface area contributed by atoms with E-state index in [9.17, 15) is 4.79 Å². The summed E-state index contributed by atoms with van der Waals surface area (Å²) in [5.41, 5.74) is 2.41. The van der Waals surface area contributed by atoms with Crippen LogP contribution in [0.2, 0.25) is 0 Å². The van der Waals surface area contributed by atoms with E-state index in [-0.39, 0.29) is 12.1 Å². The Morgan fingerprint density at radius 2 is 1.86 bits per heavy atom. The summed E-state index contributed by atoms with van der Waals surface area (Å²) in [4.78, 5) is 12.1. The first-order valence-electron chi connectivity index (χ1n) is 6.75. The average molecular weight is 280 g/mol. The summed E-state index contributed by atoms with van der Waals surface area (Å²) in [5, 5.41) is 6.18. The van der Waals surface area contributed by atoms with Gasteiger partial charge in [0.05, 0.1) is 18.4 Å². The SMILES string of the molecule is COc1cccc2c1N[C@@H](C=Cc1ccccc1)NC2=O. The summed E-state index contributed by atoms with van der Waals surface area (Å²) in [7, 11) is 1.60. The van der Waals surface area contributed by atoms with Crippen molar-refractivity contribution in [2.24, 2.45) is 0 Å². The molecule has 0 aromatic heterocycles. The number of amides is 1. The summed E-state index contributed by atoms with van der Waals surface area (Å²) in [6, 6.07) is 15.4. The van der Waals surface area contributed by atoms with Crippen LogP contribution in [0, 0.1) is 0 Å². The van der Waals surface area contributed by atoms with Crippen LogP contribution in [0.15, 0.2) is 54.6 Å². The van der Waals surface area contributed by atoms with Gasteiger partial charge in [0, 0.05) is 0 Å². The Bertz CT molecular complexity index is 680. The van der Waals surface area contributed by atoms with Gasteiger partial charge in [0.2, 0.25) is 0 Å². The third-order valence-electron chi connectivity index (χ3n) is 3.36. The standard InChI is InChI=1S/C17H16N2O2/c1-21-14-9-5-8-13-16(14)18-15(19-17(13)20)11-10-12-6-3-2-4-7-12/h2-11,15,18H,1H3,(H,19,20)/t15-/m1/s1. The van der Waals surface area contributed by atoms with E-state index < -0.39 is 0 Å². The fourth-order valence-electron chi connectivity index (χ4n) is 2.32. The Balaban J connectivity index is 1.85. The maximum atomic E-state index is 12.1. The highest BCUT2D eigenvalue weighted by Gasteiger charge is 2.24. The van der Waals surface area contributed by atoms with Gasteiger partial charge in [-0.2, -0.15) is 0 Å². The molecule has 1 amide bonds. The number of nitrogens with one attached hydrogen (secondary N) is 2. The van der Waals surface area contributed by atoms with Gasteiger partial charge in [-0.15, -0.1) is 0 Å². The van der Waals surface area contributed by atoms with Gasteiger partial charge in [-0.05, 0) is 23.8 Å². The molecule has 1 aliphatic heterocycles. The molecule has 0 unspecified atom stereocenters. The fraction of sp³-hybridized carbons (Fsp3) is 0.118. The van der Waals surface area contributed by atoms with Crippen LogP contribution < -0.4 is 15.4 Å². The van der Waals surface area contributed by atoms with Crippen molar-refractivity contribution in [2.45, 2.75) is 6.17 Å². The predicted octanol–water partition coefficient (Wildman–Crippen LogP) is 2.89. The highest BCUT2D eigenvalue weighted by Crippen LogP contribution is 2.31. The maximum absolute atomic E-state index is 12.1. The van der Waals surface area contributed by atoms with Crippen molar-refractivity contribution in [3.8, 4) is 5.75 Å². The van der Waals surface area contributed by atoms with Crippen molar-refractivity contribution >= 4 is 17.7 Å². The molecule has 106 valence electrons. The lowest BCUT2D eigenvalue weighted by Gasteiger charge is -2.27. The zero-order valence-corrected chi connectivity index (χ0v) is 11.7. The third-order valence-corrected chi connectivity index (χ3v) is 3.36. The van der Waals surface area contributed by atoms with Crippen molar-refractivity contribution in [3.63, 3.8) is 0 Å². The van der Waals surface area contributed by atoms with E-state index in [0.717, 1.165) is 11.3 Å². The zero-order chi connectivity index (χ0) is 14.7. The van der Waals surface area contributed by atoms with Crippen LogP contribution in [0.1, 0.15) is 15.9 Å². The first-order chi connectivity index (χ1) is 10.3. The molecule has 0 saturated carbocycles. The molecule has 0 fully saturated rings. The van der Waals surface area contributed by atoms with Gasteiger partial charge in [0.15, 0.2) is 0 Å². The summed E-state index contributed by atoms with van der Waals surface area (Å²) >= 11 is 0. The second-order valence-electron chi connectivity index (χ2n) is 4.75. The molecule has 4 nitrogen and oxygen atoms in total. The highest BCUT2D eigenvalue weighted by molar-refractivity contribution is 6.03. The first kappa shape index (κ1) is 13.2. The van der Waals surface area contributed by atoms with Gasteiger partial charge in [-0.1, -0.05) is 42.5 Å². The Hall–Kier alpha value is -2.75. The predicted molar refractivity (Wildman–Crippen MR) is 83.3 cm³/mol. The first-order valence-corrected chi connectivity index (χ1v) is 6.75. The van der Waals surface area contributed by atoms with Gasteiger partial charge < -0.3 is 15.4 Å². The summed E-state index contributed by atoms with van der Waals surface area (Å²) in [5.74, 6) is 0.561. The van der Waals surface area contributed by atoms with Crippen LogP contribution in [0.4, 0.5) is 5.69 Å². The van der Waals surface area contributed by atoms with Crippen LogP contribution in [-0.4, -0.2) is 19.2 Å². The van der Waals surface area contributed by atoms with E-state index in [0.29, 0.717) is 11.3 Å². The van der Waals surface area contributed by atoms with Crippen LogP contribution in [0.25, 0.3) is 6.08 Å². The lowest BCUT2D eigenvalue weighted by molar-refractivity contribution is 0.0943. The smallest absolute Gasteiger partial charge is 0.255 e. The van der Waals surface area contributed by atoms with E-state index in [1.807, 2.05) is 48.6 Å². The van der Waals surface area contributed by atoms with E-state index >= 15 is 0 Å². The number of hydrogen-bond acceptors (Lipinski definition) is 3. The van der Waals surface area contributed by atoms with Crippen LogP contribution >= 0.6 is 0 Å². The topological polar surface area (TPSA) is 50.4 Å². The second kappa shape index (κ2) is 5.71. The minimum Gasteiger partial charge on any atom is -0.495 e. The molecule has 3 rings (SSSR count). The average Bonchev–Trinajstić information content (AvgIpc) is 2.53. The number of carbonyl (C=O) groups excluding carboxylic acids is 1. The molecule has 2 aromatic rings. The number of methoxy groups -OCH3 is 1. The quantitative estimate of drug-likeness (QED) is 0.909. The van der Waals surface area contributed by atoms with E-state index in [1.165, 1.54) is 0 Å². The molecule has 1 atom stereocenters. The Kier molecular flexibility index (Phi) is 3.60. The van der Waals surface area contributed by atoms with Crippen molar-refractivity contribution in [2.75, 3.05) is 12.4 Å². The molecule has 1 aliphatic rings. The van der Waals surface area contributed by atoms with E-state index in [2.05, 4.69) is 10.6 Å². The monoisotopic (exact) mass is 280 g/mol. The van der Waals surface area contributed by atoms with Crippen molar-refractivity contribution in [1.82, 2.24) is 5.32 Å². The minimum absolute atomic E-state index is 0.106. The molecule has 21 heavy (non-hydrogen) atoms. The van der Waals surface area contributed by atoms with Crippen LogP contribution in [0.5, 0.6) is 5.75 Å². The zero-order valence-electron chi connectivity index (χ0n) is 11.7. The van der Waals surface area contributed by atoms with Crippen molar-refractivity contribution < 1.29 is 9.53 Å². The molecule has 1 heterocycles. The summed E-state index contributed by atoms with van der Waals surface area (Å²) < 4.78 is 5.31. The van der Waals surface area contributed by atoms with Crippen molar-refractivity contribution in [1.29, 1.82) is 0 Å². The molecule has 2 aromatic carbocycles. The van der Waals surface area contributed by atoms with E-state index in [1.54, 1.807) is 19.2 Å². The molecular weight excluding hydrogens is 264 g/mol. The van der Waals surface area contributed by atoms with Crippen LogP contribution in [0.3, 0.4) is 0 Å². The number of hydrogen-bond donors (Lipinski definition) is 2. The maximum Gasteiger partial charge on any atom is 0.255 e. The Morgan fingerprint density at radius 3 is 2.62 bits per heavy atom. The Labute approximate surface area is 123 Å². The van der Waals surface area contributed by atoms with Crippen molar-refractivity contribution in [3.05, 3.63) is 65.7 Å². The number of para-hydroxylation sites is 1. The molecule has 0 aliphatic carbocycles. The largest absolute Gasteiger partial charge is 0.495 e. The minimum atomic E-state index is -0.262. The molecular formula is C17H16N2O2. The van der Waals surface area contributed by atoms with Gasteiger partial charge in [-0.25, -0.2) is 0 Å². The normalized spacial score (nSPS) is 17.0. The van der Waals surface area contributed by atoms with Crippen LogP contribution in [-0.2, 0) is 0 Å². The summed E-state index contributed by atoms with van der Waals surface area (Å²) in [6.45, 7) is 0. The van der Waals surface area contributed by atoms with Gasteiger partial charge in [-0.3, -0.25) is 4.79 Å². The number of rotatable bonds is 3. The van der Waals surface area contributed by atoms with E-state index in [4.69, 9.17) is 4.74 Å². The number of ether oxygens (including phenoxy) is 1. The molecule has 0 bridgehead atoms. The van der Waals surface area contributed by atoms with Gasteiger partial charge in [0.1, 0.15) is 11.9 Å². The molecule has 0 saturated heterocycles. The highest BCUT2D eigenvalue weighted by atomic mass is 16.5. The molecule has 0 radical (unpaired) electrons. The fourth-order valence-corrected chi connectivity index (χ4v) is 2.32.